The average molecular weight is 266 g/mol. The molecule has 1 heterocycles. The molecule has 0 aliphatic heterocycles. The van der Waals surface area contributed by atoms with Crippen LogP contribution in [0.15, 0.2) is 45.9 Å². The molecule has 0 unspecified atom stereocenters. The summed E-state index contributed by atoms with van der Waals surface area (Å²) in [6.45, 7) is 0. The Morgan fingerprint density at radius 3 is 2.73 bits per heavy atom. The lowest BCUT2D eigenvalue weighted by atomic mass is 10.3. The van der Waals surface area contributed by atoms with Crippen LogP contribution in [0, 0.1) is 0 Å². The van der Waals surface area contributed by atoms with Gasteiger partial charge in [0.05, 0.1) is 0 Å². The summed E-state index contributed by atoms with van der Waals surface area (Å²) in [5, 5.41) is 2.93. The Morgan fingerprint density at radius 1 is 1.27 bits per heavy atom. The van der Waals surface area contributed by atoms with Gasteiger partial charge in [-0.05, 0) is 28.1 Å². The van der Waals surface area contributed by atoms with Gasteiger partial charge in [-0.3, -0.25) is 4.79 Å². The Kier molecular flexibility index (Phi) is 2.82. The molecule has 0 saturated heterocycles. The summed E-state index contributed by atoms with van der Waals surface area (Å²) >= 11 is 3.19. The van der Waals surface area contributed by atoms with Crippen LogP contribution in [0.4, 0.5) is 11.5 Å². The van der Waals surface area contributed by atoms with E-state index in [1.54, 1.807) is 0 Å². The monoisotopic (exact) mass is 265 g/mol. The van der Waals surface area contributed by atoms with Crippen molar-refractivity contribution in [2.24, 2.45) is 0 Å². The van der Waals surface area contributed by atoms with Crippen molar-refractivity contribution in [2.75, 3.05) is 5.32 Å². The van der Waals surface area contributed by atoms with Crippen LogP contribution >= 0.6 is 15.9 Å². The third-order valence-electron chi connectivity index (χ3n) is 1.79. The maximum Gasteiger partial charge on any atom is 0.291 e. The van der Waals surface area contributed by atoms with Gasteiger partial charge < -0.3 is 10.3 Å². The molecular formula is C10H8BrN3O. The van der Waals surface area contributed by atoms with Gasteiger partial charge in [-0.15, -0.1) is 0 Å². The van der Waals surface area contributed by atoms with E-state index in [0.717, 1.165) is 5.69 Å². The molecule has 0 atom stereocenters. The second-order valence-corrected chi connectivity index (χ2v) is 3.70. The normalized spacial score (nSPS) is 9.93. The van der Waals surface area contributed by atoms with Crippen molar-refractivity contribution in [2.45, 2.75) is 0 Å². The van der Waals surface area contributed by atoms with Crippen LogP contribution < -0.4 is 10.9 Å². The van der Waals surface area contributed by atoms with Crippen molar-refractivity contribution in [1.82, 2.24) is 9.97 Å². The van der Waals surface area contributed by atoms with E-state index in [4.69, 9.17) is 0 Å². The van der Waals surface area contributed by atoms with E-state index in [1.165, 1.54) is 6.20 Å². The summed E-state index contributed by atoms with van der Waals surface area (Å²) in [4.78, 5) is 18.0. The van der Waals surface area contributed by atoms with Gasteiger partial charge in [0.2, 0.25) is 0 Å². The van der Waals surface area contributed by atoms with Crippen LogP contribution in [-0.2, 0) is 0 Å². The molecule has 0 aliphatic carbocycles. The number of nitrogens with zero attached hydrogens (tertiary/aromatic N) is 1. The highest BCUT2D eigenvalue weighted by Gasteiger charge is 2.01. The average Bonchev–Trinajstić information content (AvgIpc) is 2.25. The van der Waals surface area contributed by atoms with Gasteiger partial charge in [0.15, 0.2) is 5.82 Å². The summed E-state index contributed by atoms with van der Waals surface area (Å²) in [6.07, 6.45) is 1.50. The maximum atomic E-state index is 11.4. The Bertz CT molecular complexity index is 510. The molecule has 2 N–H and O–H groups in total. The topological polar surface area (TPSA) is 57.8 Å². The highest BCUT2D eigenvalue weighted by Crippen LogP contribution is 2.11. The zero-order valence-electron chi connectivity index (χ0n) is 7.70. The van der Waals surface area contributed by atoms with Crippen molar-refractivity contribution in [3.63, 3.8) is 0 Å². The number of para-hydroxylation sites is 1. The fourth-order valence-corrected chi connectivity index (χ4v) is 1.42. The van der Waals surface area contributed by atoms with Crippen LogP contribution in [0.25, 0.3) is 0 Å². The van der Waals surface area contributed by atoms with Gasteiger partial charge in [0.1, 0.15) is 4.60 Å². The summed E-state index contributed by atoms with van der Waals surface area (Å²) < 4.78 is 0.584. The fraction of sp³-hybridized carbons (Fsp3) is 0. The number of hydrogen-bond acceptors (Lipinski definition) is 3. The van der Waals surface area contributed by atoms with Crippen molar-refractivity contribution < 1.29 is 0 Å². The van der Waals surface area contributed by atoms with Gasteiger partial charge in [-0.25, -0.2) is 4.98 Å². The van der Waals surface area contributed by atoms with Gasteiger partial charge in [0, 0.05) is 11.9 Å². The van der Waals surface area contributed by atoms with Crippen molar-refractivity contribution in [1.29, 1.82) is 0 Å². The first kappa shape index (κ1) is 9.92. The van der Waals surface area contributed by atoms with E-state index < -0.39 is 0 Å². The first-order chi connectivity index (χ1) is 7.25. The number of anilines is 2. The number of halogens is 1. The highest BCUT2D eigenvalue weighted by molar-refractivity contribution is 9.10. The van der Waals surface area contributed by atoms with E-state index >= 15 is 0 Å². The summed E-state index contributed by atoms with van der Waals surface area (Å²) in [5.74, 6) is 0.274. The lowest BCUT2D eigenvalue weighted by Crippen LogP contribution is -2.12. The molecule has 76 valence electrons. The van der Waals surface area contributed by atoms with Crippen molar-refractivity contribution in [3.05, 3.63) is 51.5 Å². The van der Waals surface area contributed by atoms with Gasteiger partial charge in [-0.1, -0.05) is 18.2 Å². The highest BCUT2D eigenvalue weighted by atomic mass is 79.9. The predicted molar refractivity (Wildman–Crippen MR) is 62.3 cm³/mol. The van der Waals surface area contributed by atoms with E-state index in [0.29, 0.717) is 4.60 Å². The minimum atomic E-state index is -0.248. The first-order valence-corrected chi connectivity index (χ1v) is 5.12. The lowest BCUT2D eigenvalue weighted by molar-refractivity contribution is 1.11. The smallest absolute Gasteiger partial charge is 0.291 e. The number of aromatic nitrogens is 2. The third-order valence-corrected chi connectivity index (χ3v) is 2.20. The Hall–Kier alpha value is -1.62. The zero-order chi connectivity index (χ0) is 10.7. The molecule has 0 saturated carbocycles. The molecule has 5 heteroatoms. The van der Waals surface area contributed by atoms with Crippen LogP contribution in [0.5, 0.6) is 0 Å². The number of nitrogens with one attached hydrogen (secondary N) is 2. The molecule has 2 rings (SSSR count). The standard InChI is InChI=1S/C10H8BrN3O/c11-8-6-12-10(15)9(14-8)13-7-4-2-1-3-5-7/h1-6H,(H,12,15)(H,13,14). The Morgan fingerprint density at radius 2 is 2.00 bits per heavy atom. The van der Waals surface area contributed by atoms with Crippen LogP contribution in [0.3, 0.4) is 0 Å². The molecule has 0 amide bonds. The molecule has 1 aromatic carbocycles. The molecular weight excluding hydrogens is 258 g/mol. The lowest BCUT2D eigenvalue weighted by Gasteiger charge is -2.03. The number of benzene rings is 1. The van der Waals surface area contributed by atoms with Crippen LogP contribution in [0.2, 0.25) is 0 Å². The minimum Gasteiger partial charge on any atom is -0.336 e. The second-order valence-electron chi connectivity index (χ2n) is 2.89. The van der Waals surface area contributed by atoms with Crippen LogP contribution in [-0.4, -0.2) is 9.97 Å². The van der Waals surface area contributed by atoms with E-state index in [1.807, 2.05) is 30.3 Å². The molecule has 0 radical (unpaired) electrons. The molecule has 0 aliphatic rings. The predicted octanol–water partition coefficient (Wildman–Crippen LogP) is 2.28. The van der Waals surface area contributed by atoms with E-state index in [9.17, 15) is 4.79 Å². The van der Waals surface area contributed by atoms with E-state index in [2.05, 4.69) is 31.2 Å². The number of aromatic amines is 1. The molecule has 4 nitrogen and oxygen atoms in total. The molecule has 2 aromatic rings. The quantitative estimate of drug-likeness (QED) is 0.876. The summed E-state index contributed by atoms with van der Waals surface area (Å²) in [5.41, 5.74) is 0.579. The zero-order valence-corrected chi connectivity index (χ0v) is 9.28. The molecule has 0 spiro atoms. The number of H-pyrrole nitrogens is 1. The summed E-state index contributed by atoms with van der Waals surface area (Å²) in [7, 11) is 0. The van der Waals surface area contributed by atoms with Crippen molar-refractivity contribution in [3.8, 4) is 0 Å². The first-order valence-electron chi connectivity index (χ1n) is 4.33. The molecule has 0 fully saturated rings. The Labute approximate surface area is 94.5 Å². The number of rotatable bonds is 2. The summed E-state index contributed by atoms with van der Waals surface area (Å²) in [6, 6.07) is 9.40. The van der Waals surface area contributed by atoms with Crippen LogP contribution in [0.1, 0.15) is 0 Å². The fourth-order valence-electron chi connectivity index (χ4n) is 1.13. The Balaban J connectivity index is 2.32. The molecule has 15 heavy (non-hydrogen) atoms. The van der Waals surface area contributed by atoms with Gasteiger partial charge in [-0.2, -0.15) is 0 Å². The minimum absolute atomic E-state index is 0.248. The molecule has 0 bridgehead atoms. The SMILES string of the molecule is O=c1[nH]cc(Br)nc1Nc1ccccc1. The van der Waals surface area contributed by atoms with Crippen molar-refractivity contribution >= 4 is 27.4 Å². The second kappa shape index (κ2) is 4.27. The maximum absolute atomic E-state index is 11.4. The third kappa shape index (κ3) is 2.44. The van der Waals surface area contributed by atoms with Gasteiger partial charge >= 0.3 is 0 Å². The largest absolute Gasteiger partial charge is 0.336 e. The van der Waals surface area contributed by atoms with E-state index in [-0.39, 0.29) is 11.4 Å². The van der Waals surface area contributed by atoms with Gasteiger partial charge in [0.25, 0.3) is 5.56 Å². The number of hydrogen-bond donors (Lipinski definition) is 2. The molecule has 1 aromatic heterocycles.